The van der Waals surface area contributed by atoms with E-state index in [-0.39, 0.29) is 36.2 Å². The average Bonchev–Trinajstić information content (AvgIpc) is 3.13. The Bertz CT molecular complexity index is 712. The van der Waals surface area contributed by atoms with Crippen molar-refractivity contribution < 1.29 is 14.3 Å². The van der Waals surface area contributed by atoms with Gasteiger partial charge in [-0.05, 0) is 50.4 Å². The molecule has 1 N–H and O–H groups in total. The molecule has 0 aromatic heterocycles. The number of fused-ring (bicyclic) bond motifs is 2. The molecule has 0 aliphatic carbocycles. The summed E-state index contributed by atoms with van der Waals surface area (Å²) in [6.45, 7) is 4.29. The maximum absolute atomic E-state index is 13.2. The van der Waals surface area contributed by atoms with E-state index in [9.17, 15) is 9.59 Å². The number of aryl methyl sites for hydroxylation is 1. The number of benzene rings is 1. The van der Waals surface area contributed by atoms with Crippen molar-refractivity contribution in [2.24, 2.45) is 5.92 Å². The number of amides is 2. The van der Waals surface area contributed by atoms with Gasteiger partial charge < -0.3 is 19.9 Å². The maximum atomic E-state index is 13.2. The van der Waals surface area contributed by atoms with Crippen molar-refractivity contribution in [3.8, 4) is 5.75 Å². The molecule has 4 rings (SSSR count). The van der Waals surface area contributed by atoms with Gasteiger partial charge in [-0.1, -0.05) is 6.07 Å². The fourth-order valence-electron chi connectivity index (χ4n) is 4.67. The van der Waals surface area contributed by atoms with Gasteiger partial charge in [-0.15, -0.1) is 12.4 Å². The van der Waals surface area contributed by atoms with E-state index in [4.69, 9.17) is 4.74 Å². The first-order chi connectivity index (χ1) is 12.6. The third kappa shape index (κ3) is 3.65. The van der Waals surface area contributed by atoms with Crippen LogP contribution in [0.3, 0.4) is 0 Å². The second-order valence-corrected chi connectivity index (χ2v) is 7.70. The monoisotopic (exact) mass is 393 g/mol. The van der Waals surface area contributed by atoms with E-state index in [0.29, 0.717) is 24.8 Å². The summed E-state index contributed by atoms with van der Waals surface area (Å²) in [7, 11) is 1.61. The molecule has 148 valence electrons. The first kappa shape index (κ1) is 20.0. The fraction of sp³-hybridized carbons (Fsp3) is 0.600. The summed E-state index contributed by atoms with van der Waals surface area (Å²) in [6.07, 6.45) is 3.46. The molecule has 0 radical (unpaired) electrons. The van der Waals surface area contributed by atoms with Crippen LogP contribution in [0.2, 0.25) is 0 Å². The van der Waals surface area contributed by atoms with Crippen LogP contribution in [0.15, 0.2) is 18.2 Å². The number of ether oxygens (including phenoxy) is 1. The van der Waals surface area contributed by atoms with Crippen LogP contribution in [0.4, 0.5) is 5.69 Å². The van der Waals surface area contributed by atoms with Crippen LogP contribution in [-0.4, -0.2) is 55.5 Å². The molecule has 3 fully saturated rings. The lowest BCUT2D eigenvalue weighted by molar-refractivity contribution is -0.138. The number of anilines is 1. The molecule has 3 heterocycles. The second-order valence-electron chi connectivity index (χ2n) is 7.70. The molecule has 3 aliphatic heterocycles. The van der Waals surface area contributed by atoms with Gasteiger partial charge in [-0.3, -0.25) is 9.59 Å². The van der Waals surface area contributed by atoms with Crippen molar-refractivity contribution in [1.82, 2.24) is 10.2 Å². The fourth-order valence-corrected chi connectivity index (χ4v) is 4.67. The zero-order chi connectivity index (χ0) is 18.3. The smallest absolute Gasteiger partial charge is 0.228 e. The molecule has 0 spiro atoms. The standard InChI is InChI=1S/C20H27N3O3.ClH/c1-13-3-6-18(26-2)17(9-13)22-12-14(10-19(22)24)20(25)23-15-4-5-16(23)11-21-8-7-15;/h3,6,9,14-16,21H,4-5,7-8,10-12H2,1-2H3;1H. The Morgan fingerprint density at radius 2 is 2.00 bits per heavy atom. The first-order valence-electron chi connectivity index (χ1n) is 9.56. The highest BCUT2D eigenvalue weighted by atomic mass is 35.5. The molecule has 3 unspecified atom stereocenters. The van der Waals surface area contributed by atoms with Crippen molar-refractivity contribution in [2.75, 3.05) is 31.6 Å². The van der Waals surface area contributed by atoms with Crippen LogP contribution in [0.25, 0.3) is 0 Å². The highest BCUT2D eigenvalue weighted by molar-refractivity contribution is 6.01. The number of nitrogens with zero attached hydrogens (tertiary/aromatic N) is 2. The van der Waals surface area contributed by atoms with E-state index in [1.54, 1.807) is 12.0 Å². The van der Waals surface area contributed by atoms with Gasteiger partial charge in [-0.2, -0.15) is 0 Å². The summed E-state index contributed by atoms with van der Waals surface area (Å²) in [5.41, 5.74) is 1.84. The summed E-state index contributed by atoms with van der Waals surface area (Å²) in [6, 6.07) is 6.43. The van der Waals surface area contributed by atoms with E-state index < -0.39 is 0 Å². The quantitative estimate of drug-likeness (QED) is 0.854. The van der Waals surface area contributed by atoms with Crippen LogP contribution in [0.5, 0.6) is 5.75 Å². The van der Waals surface area contributed by atoms with Gasteiger partial charge >= 0.3 is 0 Å². The highest BCUT2D eigenvalue weighted by Crippen LogP contribution is 2.36. The van der Waals surface area contributed by atoms with Gasteiger partial charge in [-0.25, -0.2) is 0 Å². The van der Waals surface area contributed by atoms with Crippen molar-refractivity contribution in [3.05, 3.63) is 23.8 Å². The van der Waals surface area contributed by atoms with Crippen LogP contribution < -0.4 is 15.0 Å². The minimum Gasteiger partial charge on any atom is -0.495 e. The van der Waals surface area contributed by atoms with Crippen molar-refractivity contribution in [1.29, 1.82) is 0 Å². The predicted molar refractivity (Wildman–Crippen MR) is 107 cm³/mol. The molecule has 6 nitrogen and oxygen atoms in total. The van der Waals surface area contributed by atoms with Gasteiger partial charge in [0.25, 0.3) is 0 Å². The van der Waals surface area contributed by atoms with Crippen molar-refractivity contribution >= 4 is 29.9 Å². The predicted octanol–water partition coefficient (Wildman–Crippen LogP) is 2.13. The van der Waals surface area contributed by atoms with Crippen molar-refractivity contribution in [2.45, 2.75) is 44.7 Å². The third-order valence-electron chi connectivity index (χ3n) is 6.01. The lowest BCUT2D eigenvalue weighted by Crippen LogP contribution is -2.46. The topological polar surface area (TPSA) is 61.9 Å². The number of rotatable bonds is 3. The van der Waals surface area contributed by atoms with Gasteiger partial charge in [0.05, 0.1) is 18.7 Å². The van der Waals surface area contributed by atoms with Crippen LogP contribution in [0, 0.1) is 12.8 Å². The zero-order valence-corrected chi connectivity index (χ0v) is 16.8. The molecule has 3 aliphatic rings. The molecule has 0 saturated carbocycles. The number of carbonyl (C=O) groups excluding carboxylic acids is 2. The van der Waals surface area contributed by atoms with E-state index >= 15 is 0 Å². The largest absolute Gasteiger partial charge is 0.495 e. The Morgan fingerprint density at radius 3 is 2.78 bits per heavy atom. The first-order valence-corrected chi connectivity index (χ1v) is 9.56. The summed E-state index contributed by atoms with van der Waals surface area (Å²) in [4.78, 5) is 29.8. The number of halogens is 1. The van der Waals surface area contributed by atoms with E-state index in [0.717, 1.165) is 43.6 Å². The minimum atomic E-state index is -0.256. The average molecular weight is 394 g/mol. The molecule has 1 aromatic carbocycles. The lowest BCUT2D eigenvalue weighted by Gasteiger charge is -2.30. The number of nitrogens with one attached hydrogen (secondary N) is 1. The molecule has 2 bridgehead atoms. The number of hydrogen-bond donors (Lipinski definition) is 1. The highest BCUT2D eigenvalue weighted by Gasteiger charge is 2.44. The summed E-state index contributed by atoms with van der Waals surface area (Å²) >= 11 is 0. The van der Waals surface area contributed by atoms with Crippen LogP contribution in [-0.2, 0) is 9.59 Å². The molecule has 2 amide bonds. The zero-order valence-electron chi connectivity index (χ0n) is 15.9. The van der Waals surface area contributed by atoms with Crippen LogP contribution in [0.1, 0.15) is 31.2 Å². The molecular formula is C20H28ClN3O3. The molecule has 1 aromatic rings. The lowest BCUT2D eigenvalue weighted by atomic mass is 10.1. The van der Waals surface area contributed by atoms with E-state index in [2.05, 4.69) is 10.2 Å². The molecule has 27 heavy (non-hydrogen) atoms. The number of hydrogen-bond acceptors (Lipinski definition) is 4. The third-order valence-corrected chi connectivity index (χ3v) is 6.01. The van der Waals surface area contributed by atoms with E-state index in [1.165, 1.54) is 0 Å². The molecule has 3 atom stereocenters. The van der Waals surface area contributed by atoms with Gasteiger partial charge in [0.2, 0.25) is 11.8 Å². The van der Waals surface area contributed by atoms with E-state index in [1.807, 2.05) is 25.1 Å². The Hall–Kier alpha value is -1.79. The molecular weight excluding hydrogens is 366 g/mol. The summed E-state index contributed by atoms with van der Waals surface area (Å²) < 4.78 is 5.44. The Labute approximate surface area is 166 Å². The Morgan fingerprint density at radius 1 is 1.22 bits per heavy atom. The van der Waals surface area contributed by atoms with Gasteiger partial charge in [0.15, 0.2) is 0 Å². The minimum absolute atomic E-state index is 0. The van der Waals surface area contributed by atoms with Crippen LogP contribution >= 0.6 is 12.4 Å². The van der Waals surface area contributed by atoms with Crippen molar-refractivity contribution in [3.63, 3.8) is 0 Å². The maximum Gasteiger partial charge on any atom is 0.228 e. The summed E-state index contributed by atoms with van der Waals surface area (Å²) in [5, 5.41) is 3.43. The number of methoxy groups -OCH3 is 1. The summed E-state index contributed by atoms with van der Waals surface area (Å²) in [5.74, 6) is 0.584. The SMILES string of the molecule is COc1ccc(C)cc1N1CC(C(=O)N2C3CCNCC2CC3)CC1=O.Cl. The molecule has 3 saturated heterocycles. The normalized spacial score (nSPS) is 27.3. The molecule has 7 heteroatoms. The van der Waals surface area contributed by atoms with Gasteiger partial charge in [0, 0.05) is 31.6 Å². The van der Waals surface area contributed by atoms with Gasteiger partial charge in [0.1, 0.15) is 5.75 Å². The number of carbonyl (C=O) groups is 2. The Kier molecular flexibility index (Phi) is 5.96. The Balaban J connectivity index is 0.00000210. The second kappa shape index (κ2) is 8.07.